The highest BCUT2D eigenvalue weighted by Gasteiger charge is 2.23. The van der Waals surface area contributed by atoms with E-state index in [1.807, 2.05) is 12.1 Å². The van der Waals surface area contributed by atoms with Crippen LogP contribution in [-0.2, 0) is 0 Å². The van der Waals surface area contributed by atoms with Gasteiger partial charge in [0, 0.05) is 11.6 Å². The van der Waals surface area contributed by atoms with Crippen molar-refractivity contribution < 1.29 is 14.2 Å². The lowest BCUT2D eigenvalue weighted by Gasteiger charge is -2.26. The zero-order chi connectivity index (χ0) is 15.1. The first-order chi connectivity index (χ1) is 9.62. The van der Waals surface area contributed by atoms with Gasteiger partial charge in [-0.15, -0.1) is 0 Å². The predicted octanol–water partition coefficient (Wildman–Crippen LogP) is 2.65. The summed E-state index contributed by atoms with van der Waals surface area (Å²) in [5, 5.41) is 0. The van der Waals surface area contributed by atoms with E-state index in [-0.39, 0.29) is 6.04 Å². The van der Waals surface area contributed by atoms with Gasteiger partial charge in [-0.2, -0.15) is 0 Å². The molecule has 5 heteroatoms. The van der Waals surface area contributed by atoms with Crippen molar-refractivity contribution in [2.45, 2.75) is 32.7 Å². The van der Waals surface area contributed by atoms with E-state index in [0.29, 0.717) is 17.4 Å². The first-order valence-corrected chi connectivity index (χ1v) is 6.88. The smallest absolute Gasteiger partial charge is 0.164 e. The van der Waals surface area contributed by atoms with Crippen molar-refractivity contribution in [1.82, 2.24) is 5.43 Å². The van der Waals surface area contributed by atoms with Gasteiger partial charge in [0.1, 0.15) is 5.75 Å². The molecule has 3 N–H and O–H groups in total. The van der Waals surface area contributed by atoms with Gasteiger partial charge in [0.25, 0.3) is 0 Å². The fourth-order valence-corrected chi connectivity index (χ4v) is 2.48. The Hall–Kier alpha value is -1.46. The molecule has 0 spiro atoms. The van der Waals surface area contributed by atoms with E-state index >= 15 is 0 Å². The van der Waals surface area contributed by atoms with Crippen LogP contribution in [0.1, 0.15) is 38.3 Å². The molecule has 0 saturated heterocycles. The normalized spacial score (nSPS) is 13.7. The molecule has 0 radical (unpaired) electrons. The summed E-state index contributed by atoms with van der Waals surface area (Å²) >= 11 is 0. The number of rotatable bonds is 8. The Bertz CT molecular complexity index is 424. The van der Waals surface area contributed by atoms with Gasteiger partial charge in [0.15, 0.2) is 11.5 Å². The zero-order valence-electron chi connectivity index (χ0n) is 13.0. The van der Waals surface area contributed by atoms with E-state index < -0.39 is 0 Å². The van der Waals surface area contributed by atoms with Crippen LogP contribution < -0.4 is 25.5 Å². The van der Waals surface area contributed by atoms with Gasteiger partial charge >= 0.3 is 0 Å². The second-order valence-electron chi connectivity index (χ2n) is 4.86. The third-order valence-electron chi connectivity index (χ3n) is 3.56. The molecule has 0 aliphatic heterocycles. The molecular formula is C15H26N2O3. The molecule has 114 valence electrons. The summed E-state index contributed by atoms with van der Waals surface area (Å²) in [6.45, 7) is 4.33. The number of hydrogen-bond acceptors (Lipinski definition) is 5. The fraction of sp³-hybridized carbons (Fsp3) is 0.600. The number of benzene rings is 1. The monoisotopic (exact) mass is 282 g/mol. The van der Waals surface area contributed by atoms with Crippen LogP contribution in [0.4, 0.5) is 0 Å². The quantitative estimate of drug-likeness (QED) is 0.567. The molecule has 0 fully saturated rings. The molecule has 0 aromatic heterocycles. The summed E-state index contributed by atoms with van der Waals surface area (Å²) in [6.07, 6.45) is 2.18. The Kier molecular flexibility index (Phi) is 6.61. The first kappa shape index (κ1) is 16.6. The summed E-state index contributed by atoms with van der Waals surface area (Å²) < 4.78 is 16.1. The van der Waals surface area contributed by atoms with Crippen molar-refractivity contribution in [1.29, 1.82) is 0 Å². The van der Waals surface area contributed by atoms with E-state index in [0.717, 1.165) is 24.2 Å². The van der Waals surface area contributed by atoms with Gasteiger partial charge < -0.3 is 14.2 Å². The summed E-state index contributed by atoms with van der Waals surface area (Å²) in [7, 11) is 4.87. The van der Waals surface area contributed by atoms with Crippen molar-refractivity contribution in [3.05, 3.63) is 17.7 Å². The van der Waals surface area contributed by atoms with Crippen molar-refractivity contribution in [3.63, 3.8) is 0 Å². The molecule has 1 aromatic carbocycles. The van der Waals surface area contributed by atoms with Crippen LogP contribution in [0.5, 0.6) is 17.2 Å². The lowest BCUT2D eigenvalue weighted by molar-refractivity contribution is 0.329. The molecule has 1 aromatic rings. The summed E-state index contributed by atoms with van der Waals surface area (Å²) in [6, 6.07) is 3.76. The molecular weight excluding hydrogens is 256 g/mol. The van der Waals surface area contributed by atoms with Crippen molar-refractivity contribution in [2.75, 3.05) is 21.3 Å². The lowest BCUT2D eigenvalue weighted by Crippen LogP contribution is -2.32. The van der Waals surface area contributed by atoms with Crippen LogP contribution in [0.2, 0.25) is 0 Å². The highest BCUT2D eigenvalue weighted by molar-refractivity contribution is 5.52. The molecule has 2 atom stereocenters. The average Bonchev–Trinajstić information content (AvgIpc) is 2.47. The van der Waals surface area contributed by atoms with E-state index in [2.05, 4.69) is 19.3 Å². The SMILES string of the molecule is CCCC(C)C(NN)c1cc(OC)c(OC)cc1OC. The van der Waals surface area contributed by atoms with E-state index in [9.17, 15) is 0 Å². The Labute approximate surface area is 121 Å². The van der Waals surface area contributed by atoms with Gasteiger partial charge in [0.05, 0.1) is 27.4 Å². The molecule has 0 saturated carbocycles. The molecule has 20 heavy (non-hydrogen) atoms. The number of hydrogen-bond donors (Lipinski definition) is 2. The maximum Gasteiger partial charge on any atom is 0.164 e. The Morgan fingerprint density at radius 1 is 1.05 bits per heavy atom. The van der Waals surface area contributed by atoms with E-state index in [1.54, 1.807) is 21.3 Å². The second kappa shape index (κ2) is 7.97. The van der Waals surface area contributed by atoms with Crippen molar-refractivity contribution in [3.8, 4) is 17.2 Å². The fourth-order valence-electron chi connectivity index (χ4n) is 2.48. The summed E-state index contributed by atoms with van der Waals surface area (Å²) in [4.78, 5) is 0. The Balaban J connectivity index is 3.25. The average molecular weight is 282 g/mol. The van der Waals surface area contributed by atoms with Gasteiger partial charge in [0.2, 0.25) is 0 Å². The minimum Gasteiger partial charge on any atom is -0.496 e. The van der Waals surface area contributed by atoms with Crippen LogP contribution in [0, 0.1) is 5.92 Å². The molecule has 0 aliphatic rings. The van der Waals surface area contributed by atoms with Gasteiger partial charge in [-0.05, 0) is 18.4 Å². The van der Waals surface area contributed by atoms with Crippen LogP contribution in [0.15, 0.2) is 12.1 Å². The topological polar surface area (TPSA) is 65.7 Å². The number of hydrazine groups is 1. The van der Waals surface area contributed by atoms with Crippen LogP contribution in [0.25, 0.3) is 0 Å². The van der Waals surface area contributed by atoms with Crippen LogP contribution >= 0.6 is 0 Å². The first-order valence-electron chi connectivity index (χ1n) is 6.88. The molecule has 0 amide bonds. The second-order valence-corrected chi connectivity index (χ2v) is 4.86. The van der Waals surface area contributed by atoms with Gasteiger partial charge in [-0.3, -0.25) is 11.3 Å². The van der Waals surface area contributed by atoms with E-state index in [1.165, 1.54) is 0 Å². The number of nitrogens with one attached hydrogen (secondary N) is 1. The highest BCUT2D eigenvalue weighted by atomic mass is 16.5. The third-order valence-corrected chi connectivity index (χ3v) is 3.56. The summed E-state index contributed by atoms with van der Waals surface area (Å²) in [5.74, 6) is 8.19. The van der Waals surface area contributed by atoms with Crippen molar-refractivity contribution in [2.24, 2.45) is 11.8 Å². The van der Waals surface area contributed by atoms with E-state index in [4.69, 9.17) is 20.1 Å². The molecule has 0 heterocycles. The predicted molar refractivity (Wildman–Crippen MR) is 80.2 cm³/mol. The maximum absolute atomic E-state index is 5.74. The Morgan fingerprint density at radius 2 is 1.60 bits per heavy atom. The molecule has 5 nitrogen and oxygen atoms in total. The number of nitrogens with two attached hydrogens (primary N) is 1. The number of methoxy groups -OCH3 is 3. The summed E-state index contributed by atoms with van der Waals surface area (Å²) in [5.41, 5.74) is 3.87. The third kappa shape index (κ3) is 3.55. The molecule has 1 rings (SSSR count). The molecule has 0 aliphatic carbocycles. The highest BCUT2D eigenvalue weighted by Crippen LogP contribution is 2.39. The standard InChI is InChI=1S/C15H26N2O3/c1-6-7-10(2)15(17-16)11-8-13(19-4)14(20-5)9-12(11)18-3/h8-10,15,17H,6-7,16H2,1-5H3. The molecule has 2 unspecified atom stereocenters. The zero-order valence-corrected chi connectivity index (χ0v) is 13.0. The molecule has 0 bridgehead atoms. The van der Waals surface area contributed by atoms with Crippen LogP contribution in [-0.4, -0.2) is 21.3 Å². The van der Waals surface area contributed by atoms with Crippen LogP contribution in [0.3, 0.4) is 0 Å². The largest absolute Gasteiger partial charge is 0.496 e. The minimum absolute atomic E-state index is 0.00436. The van der Waals surface area contributed by atoms with Gasteiger partial charge in [-0.25, -0.2) is 0 Å². The maximum atomic E-state index is 5.74. The van der Waals surface area contributed by atoms with Crippen molar-refractivity contribution >= 4 is 0 Å². The van der Waals surface area contributed by atoms with Gasteiger partial charge in [-0.1, -0.05) is 20.3 Å². The Morgan fingerprint density at radius 3 is 2.05 bits per heavy atom. The number of ether oxygens (including phenoxy) is 3. The lowest BCUT2D eigenvalue weighted by atomic mass is 9.90. The minimum atomic E-state index is 0.00436.